The predicted molar refractivity (Wildman–Crippen MR) is 171 cm³/mol. The molecule has 0 bridgehead atoms. The number of aromatic nitrogens is 3. The molecule has 1 aromatic carbocycles. The van der Waals surface area contributed by atoms with Crippen LogP contribution in [-0.2, 0) is 20.8 Å². The summed E-state index contributed by atoms with van der Waals surface area (Å²) in [5, 5.41) is 13.7. The van der Waals surface area contributed by atoms with E-state index < -0.39 is 11.8 Å². The van der Waals surface area contributed by atoms with Crippen LogP contribution in [0.3, 0.4) is 0 Å². The monoisotopic (exact) mass is 617 g/mol. The van der Waals surface area contributed by atoms with Crippen LogP contribution in [0.4, 0.5) is 5.82 Å². The Labute approximate surface area is 265 Å². The molecule has 2 N–H and O–H groups in total. The quantitative estimate of drug-likeness (QED) is 0.255. The number of rotatable bonds is 12. The van der Waals surface area contributed by atoms with Crippen molar-refractivity contribution in [2.75, 3.05) is 19.0 Å². The Kier molecular flexibility index (Phi) is 8.25. The third-order valence-electron chi connectivity index (χ3n) is 10.8. The van der Waals surface area contributed by atoms with Crippen molar-refractivity contribution in [3.63, 3.8) is 0 Å². The number of methoxy groups -OCH3 is 1. The summed E-state index contributed by atoms with van der Waals surface area (Å²) in [5.74, 6) is 1.24. The molecule has 0 spiro atoms. The Morgan fingerprint density at radius 2 is 1.93 bits per heavy atom. The van der Waals surface area contributed by atoms with E-state index in [1.54, 1.807) is 13.4 Å². The number of hydrogen-bond donors (Lipinski definition) is 2. The molecule has 4 fully saturated rings. The lowest BCUT2D eigenvalue weighted by Gasteiger charge is -2.50. The summed E-state index contributed by atoms with van der Waals surface area (Å²) in [6.07, 6.45) is 11.8. The second kappa shape index (κ2) is 12.2. The molecule has 242 valence electrons. The van der Waals surface area contributed by atoms with E-state index in [1.807, 2.05) is 19.9 Å². The van der Waals surface area contributed by atoms with Crippen molar-refractivity contribution in [3.8, 4) is 5.75 Å². The van der Waals surface area contributed by atoms with Gasteiger partial charge in [-0.25, -0.2) is 9.97 Å². The van der Waals surface area contributed by atoms with E-state index in [-0.39, 0.29) is 24.7 Å². The van der Waals surface area contributed by atoms with E-state index in [1.165, 1.54) is 30.4 Å². The van der Waals surface area contributed by atoms with Crippen molar-refractivity contribution in [3.05, 3.63) is 47.9 Å². The molecule has 4 atom stereocenters. The number of carboxylic acid groups (broad SMARTS) is 1. The number of anilines is 1. The van der Waals surface area contributed by atoms with Crippen LogP contribution < -0.4 is 10.1 Å². The van der Waals surface area contributed by atoms with Gasteiger partial charge in [-0.3, -0.25) is 9.69 Å². The van der Waals surface area contributed by atoms with Gasteiger partial charge in [0.15, 0.2) is 5.79 Å². The van der Waals surface area contributed by atoms with Gasteiger partial charge in [0.1, 0.15) is 29.6 Å². The summed E-state index contributed by atoms with van der Waals surface area (Å²) in [4.78, 5) is 23.2. The van der Waals surface area contributed by atoms with E-state index in [4.69, 9.17) is 24.3 Å². The molecule has 0 unspecified atom stereocenters. The van der Waals surface area contributed by atoms with Gasteiger partial charge in [-0.1, -0.05) is 12.5 Å². The molecule has 1 saturated heterocycles. The molecule has 3 saturated carbocycles. The van der Waals surface area contributed by atoms with Crippen molar-refractivity contribution in [2.24, 2.45) is 11.8 Å². The average Bonchev–Trinajstić information content (AvgIpc) is 3.61. The largest absolute Gasteiger partial charge is 0.497 e. The van der Waals surface area contributed by atoms with Crippen LogP contribution in [-0.4, -0.2) is 74.2 Å². The zero-order valence-electron chi connectivity index (χ0n) is 26.9. The van der Waals surface area contributed by atoms with Gasteiger partial charge in [0.2, 0.25) is 0 Å². The highest BCUT2D eigenvalue weighted by Gasteiger charge is 2.55. The molecule has 45 heavy (non-hydrogen) atoms. The van der Waals surface area contributed by atoms with Crippen LogP contribution in [0.15, 0.2) is 36.8 Å². The van der Waals surface area contributed by atoms with Crippen LogP contribution in [0.5, 0.6) is 5.75 Å². The molecule has 3 aromatic rings. The normalized spacial score (nSPS) is 29.0. The molecule has 2 aromatic heterocycles. The van der Waals surface area contributed by atoms with Crippen molar-refractivity contribution in [1.82, 2.24) is 19.4 Å². The second-order valence-corrected chi connectivity index (χ2v) is 14.2. The predicted octanol–water partition coefficient (Wildman–Crippen LogP) is 5.94. The number of carbonyl (C=O) groups is 1. The number of ether oxygens (including phenoxy) is 3. The maximum absolute atomic E-state index is 11.1. The van der Waals surface area contributed by atoms with Crippen molar-refractivity contribution in [1.29, 1.82) is 0 Å². The fourth-order valence-corrected chi connectivity index (χ4v) is 8.18. The summed E-state index contributed by atoms with van der Waals surface area (Å²) in [6.45, 7) is 7.81. The molecule has 3 aliphatic carbocycles. The first-order chi connectivity index (χ1) is 21.7. The van der Waals surface area contributed by atoms with Gasteiger partial charge >= 0.3 is 5.97 Å². The van der Waals surface area contributed by atoms with Gasteiger partial charge in [-0.05, 0) is 94.5 Å². The first-order valence-electron chi connectivity index (χ1n) is 16.7. The lowest BCUT2D eigenvalue weighted by Crippen LogP contribution is -2.54. The third-order valence-corrected chi connectivity index (χ3v) is 10.8. The summed E-state index contributed by atoms with van der Waals surface area (Å²) in [7, 11) is 1.69. The average molecular weight is 618 g/mol. The highest BCUT2D eigenvalue weighted by Crippen LogP contribution is 2.49. The molecular weight excluding hydrogens is 570 g/mol. The zero-order chi connectivity index (χ0) is 31.3. The summed E-state index contributed by atoms with van der Waals surface area (Å²) < 4.78 is 20.9. The maximum atomic E-state index is 11.1. The molecular formula is C35H47N5O5. The van der Waals surface area contributed by atoms with E-state index in [9.17, 15) is 4.79 Å². The Hall–Kier alpha value is -3.21. The van der Waals surface area contributed by atoms with Crippen LogP contribution in [0.1, 0.15) is 82.4 Å². The Morgan fingerprint density at radius 3 is 2.64 bits per heavy atom. The third kappa shape index (κ3) is 6.04. The van der Waals surface area contributed by atoms with Gasteiger partial charge in [0.25, 0.3) is 0 Å². The number of aliphatic carboxylic acids is 1. The fraction of sp³-hybridized carbons (Fsp3) is 0.629. The van der Waals surface area contributed by atoms with Crippen LogP contribution in [0.25, 0.3) is 11.0 Å². The number of nitrogens with one attached hydrogen (secondary N) is 1. The van der Waals surface area contributed by atoms with Crippen molar-refractivity contribution in [2.45, 2.75) is 115 Å². The topological polar surface area (TPSA) is 111 Å². The molecule has 7 rings (SSSR count). The second-order valence-electron chi connectivity index (χ2n) is 14.2. The Bertz CT molecular complexity index is 1530. The SMILES string of the molecule is COc1ccc(CNc2ncnc3c2ccn3[C@@H]2C[C@H](CN(C3CCC3)C3CC(CCC(=O)O)C3)[C@H]3OC(C)(C)O[C@H]32)c(C)c1. The number of carboxylic acids is 1. The van der Waals surface area contributed by atoms with E-state index in [0.29, 0.717) is 30.5 Å². The van der Waals surface area contributed by atoms with Crippen molar-refractivity contribution < 1.29 is 24.1 Å². The highest BCUT2D eigenvalue weighted by molar-refractivity contribution is 5.87. The zero-order valence-corrected chi connectivity index (χ0v) is 26.9. The lowest BCUT2D eigenvalue weighted by atomic mass is 9.74. The van der Waals surface area contributed by atoms with Gasteiger partial charge in [-0.15, -0.1) is 0 Å². The molecule has 1 aliphatic heterocycles. The smallest absolute Gasteiger partial charge is 0.303 e. The molecule has 0 amide bonds. The lowest BCUT2D eigenvalue weighted by molar-refractivity contribution is -0.162. The molecule has 10 nitrogen and oxygen atoms in total. The summed E-state index contributed by atoms with van der Waals surface area (Å²) in [6, 6.07) is 9.54. The number of aryl methyl sites for hydroxylation is 1. The highest BCUT2D eigenvalue weighted by atomic mass is 16.8. The Balaban J connectivity index is 1.09. The van der Waals surface area contributed by atoms with Gasteiger partial charge in [0.05, 0.1) is 24.6 Å². The minimum atomic E-state index is -0.684. The standard InChI is InChI=1S/C35H47N5O5/c1-21-14-27(43-4)10-9-23(21)18-36-33-28-12-13-39(34(28)38-20-37-33)29-17-24(31-32(29)45-35(2,3)44-31)19-40(25-6-5-7-25)26-15-22(16-26)8-11-30(41)42/h9-10,12-14,20,22,24-26,29,31-32H,5-8,11,15-19H2,1-4H3,(H,41,42)(H,36,37,38)/t22?,24-,26?,29-,31-,32+/m1/s1. The number of benzene rings is 1. The van der Waals surface area contributed by atoms with Gasteiger partial charge in [-0.2, -0.15) is 0 Å². The molecule has 10 heteroatoms. The summed E-state index contributed by atoms with van der Waals surface area (Å²) >= 11 is 0. The molecule has 3 heterocycles. The summed E-state index contributed by atoms with van der Waals surface area (Å²) in [5.41, 5.74) is 3.27. The van der Waals surface area contributed by atoms with Gasteiger partial charge in [0, 0.05) is 43.7 Å². The van der Waals surface area contributed by atoms with Crippen LogP contribution >= 0.6 is 0 Å². The van der Waals surface area contributed by atoms with Crippen molar-refractivity contribution >= 4 is 22.8 Å². The Morgan fingerprint density at radius 1 is 1.13 bits per heavy atom. The number of nitrogens with zero attached hydrogens (tertiary/aromatic N) is 4. The number of fused-ring (bicyclic) bond motifs is 2. The van der Waals surface area contributed by atoms with Crippen LogP contribution in [0.2, 0.25) is 0 Å². The minimum Gasteiger partial charge on any atom is -0.497 e. The molecule has 0 radical (unpaired) electrons. The van der Waals surface area contributed by atoms with E-state index >= 15 is 0 Å². The van der Waals surface area contributed by atoms with Gasteiger partial charge < -0.3 is 29.2 Å². The number of hydrogen-bond acceptors (Lipinski definition) is 8. The maximum Gasteiger partial charge on any atom is 0.303 e. The fourth-order valence-electron chi connectivity index (χ4n) is 8.18. The minimum absolute atomic E-state index is 0.0189. The molecule has 4 aliphatic rings. The van der Waals surface area contributed by atoms with Crippen LogP contribution in [0, 0.1) is 18.8 Å². The van der Waals surface area contributed by atoms with E-state index in [2.05, 4.69) is 51.1 Å². The first kappa shape index (κ1) is 30.4. The van der Waals surface area contributed by atoms with E-state index in [0.717, 1.165) is 54.8 Å². The first-order valence-corrected chi connectivity index (χ1v) is 16.7.